The number of benzene rings is 2. The Morgan fingerprint density at radius 1 is 1.15 bits per heavy atom. The van der Waals surface area contributed by atoms with Gasteiger partial charge in [0.1, 0.15) is 10.4 Å². The van der Waals surface area contributed by atoms with Gasteiger partial charge in [0.15, 0.2) is 0 Å². The minimum absolute atomic E-state index is 0.0951. The zero-order valence-corrected chi connectivity index (χ0v) is 19.9. The Balaban J connectivity index is 1.23. The number of aromatic nitrogens is 1. The van der Waals surface area contributed by atoms with E-state index < -0.39 is 15.6 Å². The smallest absolute Gasteiger partial charge is 0.264 e. The predicted octanol–water partition coefficient (Wildman–Crippen LogP) is 4.25. The lowest BCUT2D eigenvalue weighted by atomic mass is 9.74. The third-order valence-corrected chi connectivity index (χ3v) is 9.08. The fraction of sp³-hybridized carbons (Fsp3) is 0.417. The van der Waals surface area contributed by atoms with E-state index in [1.165, 1.54) is 36.7 Å². The highest BCUT2D eigenvalue weighted by atomic mass is 32.2. The fourth-order valence-corrected chi connectivity index (χ4v) is 6.71. The number of hydrogen-bond acceptors (Lipinski definition) is 6. The molecule has 1 aliphatic heterocycles. The number of para-hydroxylation sites is 1. The summed E-state index contributed by atoms with van der Waals surface area (Å²) in [5.74, 6) is 0.540. The maximum atomic E-state index is 12.9. The molecule has 9 heteroatoms. The first-order valence-electron chi connectivity index (χ1n) is 11.3. The summed E-state index contributed by atoms with van der Waals surface area (Å²) in [4.78, 5) is 19.0. The molecule has 1 aliphatic carbocycles. The Labute approximate surface area is 197 Å². The normalized spacial score (nSPS) is 18.8. The first-order valence-corrected chi connectivity index (χ1v) is 13.7. The topological polar surface area (TPSA) is 99.6 Å². The zero-order chi connectivity index (χ0) is 23.1. The Bertz CT molecular complexity index is 1260. The molecule has 174 valence electrons. The molecular weight excluding hydrogens is 458 g/mol. The van der Waals surface area contributed by atoms with Crippen LogP contribution in [-0.4, -0.2) is 48.0 Å². The van der Waals surface area contributed by atoms with E-state index in [4.69, 9.17) is 0 Å². The van der Waals surface area contributed by atoms with Crippen molar-refractivity contribution >= 4 is 43.2 Å². The van der Waals surface area contributed by atoms with E-state index in [1.807, 2.05) is 6.07 Å². The van der Waals surface area contributed by atoms with Gasteiger partial charge in [0.05, 0.1) is 15.8 Å². The summed E-state index contributed by atoms with van der Waals surface area (Å²) in [6.45, 7) is 1.07. The number of carbonyl (C=O) groups is 1. The summed E-state index contributed by atoms with van der Waals surface area (Å²) in [5, 5.41) is 10.9. The molecule has 0 spiro atoms. The van der Waals surface area contributed by atoms with Crippen LogP contribution in [0.25, 0.3) is 10.2 Å². The summed E-state index contributed by atoms with van der Waals surface area (Å²) >= 11 is 1.39. The maximum absolute atomic E-state index is 12.9. The number of thiazole rings is 1. The fourth-order valence-electron chi connectivity index (χ4n) is 4.72. The van der Waals surface area contributed by atoms with Crippen LogP contribution in [0.15, 0.2) is 52.9 Å². The number of nitrogens with one attached hydrogen (secondary N) is 1. The van der Waals surface area contributed by atoms with Crippen molar-refractivity contribution in [3.63, 3.8) is 0 Å². The van der Waals surface area contributed by atoms with E-state index in [0.29, 0.717) is 48.6 Å². The lowest BCUT2D eigenvalue weighted by Gasteiger charge is -2.41. The molecule has 2 aromatic carbocycles. The van der Waals surface area contributed by atoms with Crippen LogP contribution in [0.4, 0.5) is 5.69 Å². The molecule has 0 bridgehead atoms. The number of amides is 1. The van der Waals surface area contributed by atoms with Crippen LogP contribution in [0, 0.1) is 5.92 Å². The Kier molecular flexibility index (Phi) is 5.88. The van der Waals surface area contributed by atoms with Gasteiger partial charge in [0, 0.05) is 24.3 Å². The minimum atomic E-state index is -3.81. The van der Waals surface area contributed by atoms with Gasteiger partial charge in [-0.2, -0.15) is 0 Å². The van der Waals surface area contributed by atoms with Gasteiger partial charge in [0.2, 0.25) is 0 Å². The standard InChI is InChI=1S/C24H27N3O4S2/c28-23(27-13-11-24(29,12-14-27)15-17-3-1-4-17)18-7-9-19(10-8-18)26-33(30,31)21-6-2-5-20-22(21)25-16-32-20/h2,5-10,16-17,26,29H,1,3-4,11-15H2. The molecule has 1 amide bonds. The molecule has 0 radical (unpaired) electrons. The first-order chi connectivity index (χ1) is 15.8. The molecule has 1 aromatic heterocycles. The van der Waals surface area contributed by atoms with Crippen LogP contribution in [0.2, 0.25) is 0 Å². The average Bonchev–Trinajstić information content (AvgIpc) is 3.26. The van der Waals surface area contributed by atoms with Crippen LogP contribution in [0.1, 0.15) is 48.9 Å². The summed E-state index contributed by atoms with van der Waals surface area (Å²) in [5.41, 5.74) is 2.31. The molecule has 0 atom stereocenters. The number of carbonyl (C=O) groups excluding carboxylic acids is 1. The van der Waals surface area contributed by atoms with Crippen LogP contribution >= 0.6 is 11.3 Å². The molecule has 2 heterocycles. The van der Waals surface area contributed by atoms with E-state index in [9.17, 15) is 18.3 Å². The quantitative estimate of drug-likeness (QED) is 0.544. The largest absolute Gasteiger partial charge is 0.390 e. The molecular formula is C24H27N3O4S2. The van der Waals surface area contributed by atoms with Crippen LogP contribution in [-0.2, 0) is 10.0 Å². The van der Waals surface area contributed by atoms with Gasteiger partial charge in [-0.05, 0) is 61.6 Å². The highest BCUT2D eigenvalue weighted by Crippen LogP contribution is 2.38. The second kappa shape index (κ2) is 8.70. The van der Waals surface area contributed by atoms with Crippen molar-refractivity contribution in [2.75, 3.05) is 17.8 Å². The molecule has 2 fully saturated rings. The number of nitrogens with zero attached hydrogens (tertiary/aromatic N) is 2. The minimum Gasteiger partial charge on any atom is -0.390 e. The third-order valence-electron chi connectivity index (χ3n) is 6.87. The van der Waals surface area contributed by atoms with Crippen molar-refractivity contribution in [1.82, 2.24) is 9.88 Å². The molecule has 2 aliphatic rings. The van der Waals surface area contributed by atoms with Crippen LogP contribution in [0.3, 0.4) is 0 Å². The molecule has 2 N–H and O–H groups in total. The molecule has 1 saturated heterocycles. The SMILES string of the molecule is O=C(c1ccc(NS(=O)(=O)c2cccc3scnc23)cc1)N1CCC(O)(CC2CCC2)CC1. The number of hydrogen-bond donors (Lipinski definition) is 2. The van der Waals surface area contributed by atoms with Gasteiger partial charge in [0.25, 0.3) is 15.9 Å². The average molecular weight is 486 g/mol. The van der Waals surface area contributed by atoms with Gasteiger partial charge in [-0.15, -0.1) is 11.3 Å². The maximum Gasteiger partial charge on any atom is 0.264 e. The number of rotatable bonds is 6. The second-order valence-electron chi connectivity index (χ2n) is 9.16. The Hall–Kier alpha value is -2.49. The van der Waals surface area contributed by atoms with Gasteiger partial charge in [-0.3, -0.25) is 9.52 Å². The van der Waals surface area contributed by atoms with E-state index in [1.54, 1.807) is 40.7 Å². The lowest BCUT2D eigenvalue weighted by Crippen LogP contribution is -2.47. The molecule has 5 rings (SSSR count). The van der Waals surface area contributed by atoms with Crippen LogP contribution < -0.4 is 4.72 Å². The number of sulfonamides is 1. The van der Waals surface area contributed by atoms with Crippen molar-refractivity contribution in [1.29, 1.82) is 0 Å². The number of piperidine rings is 1. The van der Waals surface area contributed by atoms with Crippen LogP contribution in [0.5, 0.6) is 0 Å². The van der Waals surface area contributed by atoms with E-state index in [-0.39, 0.29) is 10.8 Å². The Morgan fingerprint density at radius 3 is 2.55 bits per heavy atom. The van der Waals surface area contributed by atoms with E-state index in [2.05, 4.69) is 9.71 Å². The zero-order valence-electron chi connectivity index (χ0n) is 18.2. The summed E-state index contributed by atoms with van der Waals surface area (Å²) < 4.78 is 29.2. The van der Waals surface area contributed by atoms with Crippen molar-refractivity contribution in [2.24, 2.45) is 5.92 Å². The van der Waals surface area contributed by atoms with Crippen molar-refractivity contribution in [2.45, 2.75) is 49.0 Å². The molecule has 33 heavy (non-hydrogen) atoms. The lowest BCUT2D eigenvalue weighted by molar-refractivity contribution is -0.0419. The number of likely N-dealkylation sites (tertiary alicyclic amines) is 1. The van der Waals surface area contributed by atoms with Gasteiger partial charge in [-0.25, -0.2) is 13.4 Å². The van der Waals surface area contributed by atoms with E-state index in [0.717, 1.165) is 11.1 Å². The summed E-state index contributed by atoms with van der Waals surface area (Å²) in [6.07, 6.45) is 5.74. The molecule has 3 aromatic rings. The second-order valence-corrected chi connectivity index (χ2v) is 11.7. The highest BCUT2D eigenvalue weighted by Gasteiger charge is 2.37. The first kappa shape index (κ1) is 22.3. The van der Waals surface area contributed by atoms with E-state index >= 15 is 0 Å². The monoisotopic (exact) mass is 485 g/mol. The van der Waals surface area contributed by atoms with Crippen molar-refractivity contribution in [3.8, 4) is 0 Å². The van der Waals surface area contributed by atoms with Gasteiger partial charge >= 0.3 is 0 Å². The molecule has 1 saturated carbocycles. The summed E-state index contributed by atoms with van der Waals surface area (Å²) in [6, 6.07) is 11.5. The number of aliphatic hydroxyl groups is 1. The van der Waals surface area contributed by atoms with Crippen molar-refractivity contribution in [3.05, 3.63) is 53.5 Å². The highest BCUT2D eigenvalue weighted by molar-refractivity contribution is 7.93. The molecule has 0 unspecified atom stereocenters. The number of fused-ring (bicyclic) bond motifs is 1. The van der Waals surface area contributed by atoms with Gasteiger partial charge in [-0.1, -0.05) is 25.3 Å². The van der Waals surface area contributed by atoms with Gasteiger partial charge < -0.3 is 10.0 Å². The number of anilines is 1. The Morgan fingerprint density at radius 2 is 1.88 bits per heavy atom. The summed E-state index contributed by atoms with van der Waals surface area (Å²) in [7, 11) is -3.81. The molecule has 7 nitrogen and oxygen atoms in total. The van der Waals surface area contributed by atoms with Crippen molar-refractivity contribution < 1.29 is 18.3 Å². The third kappa shape index (κ3) is 4.62. The predicted molar refractivity (Wildman–Crippen MR) is 129 cm³/mol.